The summed E-state index contributed by atoms with van der Waals surface area (Å²) in [5.41, 5.74) is 0. The van der Waals surface area contributed by atoms with Gasteiger partial charge in [-0.05, 0) is 34.6 Å². The number of halogens is 1. The number of nitrogens with zero attached hydrogens (tertiary/aromatic N) is 3. The highest BCUT2D eigenvalue weighted by Crippen LogP contribution is 2.30. The molecule has 0 saturated heterocycles. The zero-order valence-corrected chi connectivity index (χ0v) is 13.3. The first-order valence-corrected chi connectivity index (χ1v) is 7.71. The molecule has 1 N–H and O–H groups in total. The number of thiophene rings is 1. The summed E-state index contributed by atoms with van der Waals surface area (Å²) >= 11 is 4.91. The highest BCUT2D eigenvalue weighted by Gasteiger charge is 2.14. The molecule has 0 aliphatic carbocycles. The van der Waals surface area contributed by atoms with E-state index < -0.39 is 5.97 Å². The molecule has 6 nitrogen and oxygen atoms in total. The monoisotopic (exact) mass is 359 g/mol. The van der Waals surface area contributed by atoms with Crippen molar-refractivity contribution in [1.82, 2.24) is 15.1 Å². The summed E-state index contributed by atoms with van der Waals surface area (Å²) in [4.78, 5) is 13.4. The van der Waals surface area contributed by atoms with Crippen LogP contribution < -0.4 is 0 Å². The normalized spacial score (nSPS) is 11.2. The summed E-state index contributed by atoms with van der Waals surface area (Å²) < 4.78 is 6.60. The third kappa shape index (κ3) is 4.12. The van der Waals surface area contributed by atoms with E-state index in [9.17, 15) is 4.79 Å². The van der Waals surface area contributed by atoms with Crippen LogP contribution in [-0.4, -0.2) is 39.3 Å². The number of hydrogen-bond acceptors (Lipinski definition) is 6. The van der Waals surface area contributed by atoms with Crippen LogP contribution in [-0.2, 0) is 11.3 Å². The van der Waals surface area contributed by atoms with Crippen LogP contribution in [0.2, 0.25) is 0 Å². The predicted molar refractivity (Wildman–Crippen MR) is 78.5 cm³/mol. The molecular formula is C12H14BrN3O3S. The van der Waals surface area contributed by atoms with Gasteiger partial charge < -0.3 is 9.52 Å². The Kier molecular flexibility index (Phi) is 5.27. The maximum absolute atomic E-state index is 10.6. The molecule has 0 aliphatic rings. The molecule has 8 heteroatoms. The number of carboxylic acids is 1. The van der Waals surface area contributed by atoms with Gasteiger partial charge in [-0.2, -0.15) is 0 Å². The van der Waals surface area contributed by atoms with E-state index in [-0.39, 0.29) is 6.42 Å². The summed E-state index contributed by atoms with van der Waals surface area (Å²) in [7, 11) is 0. The molecule has 2 rings (SSSR count). The van der Waals surface area contributed by atoms with Gasteiger partial charge in [-0.25, -0.2) is 0 Å². The second kappa shape index (κ2) is 6.96. The number of carboxylic acid groups (broad SMARTS) is 1. The number of aliphatic carboxylic acids is 1. The molecule has 0 unspecified atom stereocenters. The number of rotatable bonds is 7. The molecule has 0 aromatic carbocycles. The second-order valence-corrected chi connectivity index (χ2v) is 6.58. The Hall–Kier alpha value is -1.25. The van der Waals surface area contributed by atoms with Gasteiger partial charge in [0.1, 0.15) is 0 Å². The standard InChI is InChI=1S/C12H14BrN3O3S/c1-2-16(6-5-11(17)18)7-10-14-15-12(19-10)8-3-4-9(13)20-8/h3-4H,2,5-7H2,1H3,(H,17,18). The first-order chi connectivity index (χ1) is 9.58. The van der Waals surface area contributed by atoms with Gasteiger partial charge >= 0.3 is 5.97 Å². The van der Waals surface area contributed by atoms with Gasteiger partial charge in [0.15, 0.2) is 0 Å². The molecule has 108 valence electrons. The molecule has 2 heterocycles. The molecule has 0 saturated carbocycles. The van der Waals surface area contributed by atoms with E-state index in [4.69, 9.17) is 9.52 Å². The average molecular weight is 360 g/mol. The van der Waals surface area contributed by atoms with E-state index in [0.717, 1.165) is 15.2 Å². The Morgan fingerprint density at radius 2 is 2.30 bits per heavy atom. The maximum Gasteiger partial charge on any atom is 0.304 e. The van der Waals surface area contributed by atoms with Crippen molar-refractivity contribution in [3.8, 4) is 10.8 Å². The first kappa shape index (κ1) is 15.1. The van der Waals surface area contributed by atoms with Gasteiger partial charge in [0.25, 0.3) is 5.89 Å². The molecule has 0 spiro atoms. The zero-order chi connectivity index (χ0) is 14.5. The summed E-state index contributed by atoms with van der Waals surface area (Å²) in [6.45, 7) is 3.63. The lowest BCUT2D eigenvalue weighted by Crippen LogP contribution is -2.25. The molecule has 20 heavy (non-hydrogen) atoms. The van der Waals surface area contributed by atoms with Crippen molar-refractivity contribution >= 4 is 33.2 Å². The number of carbonyl (C=O) groups is 1. The van der Waals surface area contributed by atoms with Crippen molar-refractivity contribution in [1.29, 1.82) is 0 Å². The highest BCUT2D eigenvalue weighted by molar-refractivity contribution is 9.11. The Bertz CT molecular complexity index is 584. The van der Waals surface area contributed by atoms with Crippen molar-refractivity contribution in [2.75, 3.05) is 13.1 Å². The van der Waals surface area contributed by atoms with Gasteiger partial charge in [-0.1, -0.05) is 6.92 Å². The SMILES string of the molecule is CCN(CCC(=O)O)Cc1nnc(-c2ccc(Br)s2)o1. The van der Waals surface area contributed by atoms with E-state index in [2.05, 4.69) is 26.1 Å². The van der Waals surface area contributed by atoms with Crippen LogP contribution in [0.1, 0.15) is 19.2 Å². The molecule has 0 atom stereocenters. The Labute approximate surface area is 128 Å². The molecule has 0 bridgehead atoms. The van der Waals surface area contributed by atoms with E-state index in [1.807, 2.05) is 24.0 Å². The van der Waals surface area contributed by atoms with Crippen molar-refractivity contribution < 1.29 is 14.3 Å². The second-order valence-electron chi connectivity index (χ2n) is 4.12. The molecule has 2 aromatic heterocycles. The van der Waals surface area contributed by atoms with Crippen LogP contribution in [0.3, 0.4) is 0 Å². The van der Waals surface area contributed by atoms with Gasteiger partial charge in [-0.15, -0.1) is 21.5 Å². The third-order valence-corrected chi connectivity index (χ3v) is 4.31. The third-order valence-electron chi connectivity index (χ3n) is 2.70. The molecule has 0 radical (unpaired) electrons. The quantitative estimate of drug-likeness (QED) is 0.818. The van der Waals surface area contributed by atoms with Crippen LogP contribution in [0, 0.1) is 0 Å². The van der Waals surface area contributed by atoms with Crippen LogP contribution in [0.15, 0.2) is 20.3 Å². The van der Waals surface area contributed by atoms with Crippen molar-refractivity contribution in [2.24, 2.45) is 0 Å². The topological polar surface area (TPSA) is 79.5 Å². The largest absolute Gasteiger partial charge is 0.481 e. The lowest BCUT2D eigenvalue weighted by Gasteiger charge is -2.16. The molecule has 0 aliphatic heterocycles. The highest BCUT2D eigenvalue weighted by atomic mass is 79.9. The first-order valence-electron chi connectivity index (χ1n) is 6.10. The smallest absolute Gasteiger partial charge is 0.304 e. The minimum Gasteiger partial charge on any atom is -0.481 e. The number of hydrogen-bond donors (Lipinski definition) is 1. The van der Waals surface area contributed by atoms with Crippen LogP contribution in [0.4, 0.5) is 0 Å². The lowest BCUT2D eigenvalue weighted by atomic mass is 10.3. The summed E-state index contributed by atoms with van der Waals surface area (Å²) in [5, 5.41) is 16.7. The predicted octanol–water partition coefficient (Wildman–Crippen LogP) is 2.86. The van der Waals surface area contributed by atoms with Gasteiger partial charge in [0.2, 0.25) is 5.89 Å². The van der Waals surface area contributed by atoms with E-state index >= 15 is 0 Å². The van der Waals surface area contributed by atoms with Crippen molar-refractivity contribution in [3.05, 3.63) is 21.8 Å². The summed E-state index contributed by atoms with van der Waals surface area (Å²) in [5.74, 6) is 0.180. The van der Waals surface area contributed by atoms with Crippen LogP contribution in [0.5, 0.6) is 0 Å². The fraction of sp³-hybridized carbons (Fsp3) is 0.417. The minimum absolute atomic E-state index is 0.104. The van der Waals surface area contributed by atoms with E-state index in [1.165, 1.54) is 11.3 Å². The Morgan fingerprint density at radius 3 is 2.90 bits per heavy atom. The van der Waals surface area contributed by atoms with Crippen molar-refractivity contribution in [3.63, 3.8) is 0 Å². The van der Waals surface area contributed by atoms with Crippen LogP contribution >= 0.6 is 27.3 Å². The molecule has 2 aromatic rings. The van der Waals surface area contributed by atoms with E-state index in [0.29, 0.717) is 24.9 Å². The van der Waals surface area contributed by atoms with E-state index in [1.54, 1.807) is 0 Å². The molecule has 0 amide bonds. The molecule has 0 fully saturated rings. The maximum atomic E-state index is 10.6. The number of aromatic nitrogens is 2. The Balaban J connectivity index is 1.99. The average Bonchev–Trinajstić information content (AvgIpc) is 3.03. The summed E-state index contributed by atoms with van der Waals surface area (Å²) in [6, 6.07) is 3.84. The fourth-order valence-electron chi connectivity index (χ4n) is 1.64. The fourth-order valence-corrected chi connectivity index (χ4v) is 2.95. The van der Waals surface area contributed by atoms with Crippen LogP contribution in [0.25, 0.3) is 10.8 Å². The van der Waals surface area contributed by atoms with Crippen molar-refractivity contribution in [2.45, 2.75) is 19.9 Å². The minimum atomic E-state index is -0.807. The molecular weight excluding hydrogens is 346 g/mol. The Morgan fingerprint density at radius 1 is 1.50 bits per heavy atom. The van der Waals surface area contributed by atoms with Gasteiger partial charge in [0, 0.05) is 6.54 Å². The zero-order valence-electron chi connectivity index (χ0n) is 10.9. The summed E-state index contributed by atoms with van der Waals surface area (Å²) in [6.07, 6.45) is 0.104. The van der Waals surface area contributed by atoms with Gasteiger partial charge in [-0.3, -0.25) is 9.69 Å². The van der Waals surface area contributed by atoms with Gasteiger partial charge in [0.05, 0.1) is 21.6 Å². The lowest BCUT2D eigenvalue weighted by molar-refractivity contribution is -0.137.